The van der Waals surface area contributed by atoms with E-state index in [2.05, 4.69) is 36.6 Å². The fourth-order valence-electron chi connectivity index (χ4n) is 3.53. The van der Waals surface area contributed by atoms with Crippen LogP contribution in [0.2, 0.25) is 0 Å². The lowest BCUT2D eigenvalue weighted by Gasteiger charge is -2.30. The first-order chi connectivity index (χ1) is 12.8. The minimum Gasteiger partial charge on any atom is -0.478 e. The highest BCUT2D eigenvalue weighted by molar-refractivity contribution is 6.04. The van der Waals surface area contributed by atoms with Gasteiger partial charge < -0.3 is 15.4 Å². The molecule has 27 heavy (non-hydrogen) atoms. The van der Waals surface area contributed by atoms with Crippen molar-refractivity contribution in [2.45, 2.75) is 51.7 Å². The van der Waals surface area contributed by atoms with Crippen molar-refractivity contribution in [3.8, 4) is 5.75 Å². The average Bonchev–Trinajstić information content (AvgIpc) is 2.62. The van der Waals surface area contributed by atoms with Gasteiger partial charge in [-0.1, -0.05) is 50.2 Å². The van der Waals surface area contributed by atoms with E-state index in [1.165, 1.54) is 5.56 Å². The van der Waals surface area contributed by atoms with E-state index in [1.54, 1.807) is 25.1 Å². The molecule has 0 aliphatic carbocycles. The van der Waals surface area contributed by atoms with Crippen LogP contribution in [0.4, 0.5) is 5.69 Å². The number of hydrogen-bond donors (Lipinski definition) is 2. The number of amides is 2. The first kappa shape index (κ1) is 19.0. The molecule has 1 aliphatic heterocycles. The summed E-state index contributed by atoms with van der Waals surface area (Å²) >= 11 is 0. The zero-order valence-electron chi connectivity index (χ0n) is 16.2. The third-order valence-corrected chi connectivity index (χ3v) is 4.93. The van der Waals surface area contributed by atoms with E-state index >= 15 is 0 Å². The first-order valence-corrected chi connectivity index (χ1v) is 9.25. The van der Waals surface area contributed by atoms with Gasteiger partial charge >= 0.3 is 0 Å². The zero-order chi connectivity index (χ0) is 19.6. The molecule has 1 aliphatic rings. The topological polar surface area (TPSA) is 67.4 Å². The normalized spacial score (nSPS) is 17.3. The molecule has 2 N–H and O–H groups in total. The number of nitrogens with one attached hydrogen (secondary N) is 2. The van der Waals surface area contributed by atoms with Crippen molar-refractivity contribution in [1.29, 1.82) is 0 Å². The number of rotatable bonds is 5. The third-order valence-electron chi connectivity index (χ3n) is 4.93. The molecule has 0 fully saturated rings. The van der Waals surface area contributed by atoms with Gasteiger partial charge in [-0.15, -0.1) is 0 Å². The molecule has 0 radical (unpaired) electrons. The number of anilines is 1. The third kappa shape index (κ3) is 4.13. The van der Waals surface area contributed by atoms with Gasteiger partial charge in [0.15, 0.2) is 11.9 Å². The minimum atomic E-state index is -0.624. The van der Waals surface area contributed by atoms with Crippen LogP contribution in [0.5, 0.6) is 5.75 Å². The SMILES string of the molecule is CC(CC(C)(C)c1ccccc1)NC(=O)c1cccc2c1OC(C)C(=O)N2. The van der Waals surface area contributed by atoms with Crippen LogP contribution in [0, 0.1) is 0 Å². The highest BCUT2D eigenvalue weighted by Gasteiger charge is 2.29. The Bertz CT molecular complexity index is 846. The van der Waals surface area contributed by atoms with Gasteiger partial charge in [0.1, 0.15) is 0 Å². The van der Waals surface area contributed by atoms with Crippen molar-refractivity contribution >= 4 is 17.5 Å². The Morgan fingerprint density at radius 1 is 1.19 bits per heavy atom. The van der Waals surface area contributed by atoms with Gasteiger partial charge in [0.2, 0.25) is 0 Å². The minimum absolute atomic E-state index is 0.0285. The van der Waals surface area contributed by atoms with Crippen LogP contribution in [-0.2, 0) is 10.2 Å². The molecule has 2 aromatic carbocycles. The smallest absolute Gasteiger partial charge is 0.265 e. The molecular formula is C22H26N2O3. The molecular weight excluding hydrogens is 340 g/mol. The van der Waals surface area contributed by atoms with Crippen LogP contribution in [0.3, 0.4) is 0 Å². The molecule has 3 rings (SSSR count). The standard InChI is InChI=1S/C22H26N2O3/c1-14(13-22(3,4)16-9-6-5-7-10-16)23-21(26)17-11-8-12-18-19(17)27-15(2)20(25)24-18/h5-12,14-15H,13H2,1-4H3,(H,23,26)(H,24,25). The lowest BCUT2D eigenvalue weighted by Crippen LogP contribution is -2.39. The second-order valence-corrected chi connectivity index (χ2v) is 7.76. The van der Waals surface area contributed by atoms with Crippen LogP contribution in [0.15, 0.2) is 48.5 Å². The molecule has 0 saturated carbocycles. The summed E-state index contributed by atoms with van der Waals surface area (Å²) in [7, 11) is 0. The molecule has 2 unspecified atom stereocenters. The Hall–Kier alpha value is -2.82. The van der Waals surface area contributed by atoms with Gasteiger partial charge in [-0.05, 0) is 43.4 Å². The van der Waals surface area contributed by atoms with Crippen molar-refractivity contribution in [3.63, 3.8) is 0 Å². The van der Waals surface area contributed by atoms with E-state index in [9.17, 15) is 9.59 Å². The predicted octanol–water partition coefficient (Wildman–Crippen LogP) is 3.89. The molecule has 1 heterocycles. The molecule has 5 heteroatoms. The van der Waals surface area contributed by atoms with Gasteiger partial charge in [0, 0.05) is 6.04 Å². The molecule has 5 nitrogen and oxygen atoms in total. The first-order valence-electron chi connectivity index (χ1n) is 9.25. The van der Waals surface area contributed by atoms with Crippen LogP contribution in [-0.4, -0.2) is 24.0 Å². The van der Waals surface area contributed by atoms with E-state index in [0.29, 0.717) is 17.0 Å². The Balaban J connectivity index is 1.73. The summed E-state index contributed by atoms with van der Waals surface area (Å²) in [5.74, 6) is 0.0150. The zero-order valence-corrected chi connectivity index (χ0v) is 16.2. The second-order valence-electron chi connectivity index (χ2n) is 7.76. The number of ether oxygens (including phenoxy) is 1. The molecule has 2 aromatic rings. The maximum Gasteiger partial charge on any atom is 0.265 e. The summed E-state index contributed by atoms with van der Waals surface area (Å²) in [4.78, 5) is 24.6. The van der Waals surface area contributed by atoms with Gasteiger partial charge in [0.25, 0.3) is 11.8 Å². The maximum absolute atomic E-state index is 12.8. The quantitative estimate of drug-likeness (QED) is 0.843. The van der Waals surface area contributed by atoms with E-state index in [1.807, 2.05) is 25.1 Å². The average molecular weight is 366 g/mol. The Morgan fingerprint density at radius 2 is 1.89 bits per heavy atom. The molecule has 2 atom stereocenters. The molecule has 0 saturated heterocycles. The van der Waals surface area contributed by atoms with Crippen LogP contribution >= 0.6 is 0 Å². The second kappa shape index (κ2) is 7.43. The maximum atomic E-state index is 12.8. The Kier molecular flexibility index (Phi) is 5.22. The lowest BCUT2D eigenvalue weighted by molar-refractivity contribution is -0.122. The summed E-state index contributed by atoms with van der Waals surface area (Å²) in [5.41, 5.74) is 2.14. The number of hydrogen-bond acceptors (Lipinski definition) is 3. The highest BCUT2D eigenvalue weighted by Crippen LogP contribution is 2.34. The summed E-state index contributed by atoms with van der Waals surface area (Å²) in [6.45, 7) is 8.02. The van der Waals surface area contributed by atoms with Crippen molar-refractivity contribution in [3.05, 3.63) is 59.7 Å². The summed E-state index contributed by atoms with van der Waals surface area (Å²) in [6.07, 6.45) is 0.173. The van der Waals surface area contributed by atoms with E-state index in [0.717, 1.165) is 6.42 Å². The number of para-hydroxylation sites is 1. The fourth-order valence-corrected chi connectivity index (χ4v) is 3.53. The molecule has 0 aromatic heterocycles. The predicted molar refractivity (Wildman–Crippen MR) is 106 cm³/mol. The van der Waals surface area contributed by atoms with Crippen molar-refractivity contribution in [1.82, 2.24) is 5.32 Å². The van der Waals surface area contributed by atoms with E-state index < -0.39 is 6.10 Å². The van der Waals surface area contributed by atoms with Crippen LogP contribution in [0.1, 0.15) is 50.0 Å². The van der Waals surface area contributed by atoms with E-state index in [4.69, 9.17) is 4.74 Å². The monoisotopic (exact) mass is 366 g/mol. The van der Waals surface area contributed by atoms with Crippen molar-refractivity contribution in [2.75, 3.05) is 5.32 Å². The number of carbonyl (C=O) groups is 2. The lowest BCUT2D eigenvalue weighted by atomic mass is 9.79. The van der Waals surface area contributed by atoms with Crippen LogP contribution < -0.4 is 15.4 Å². The largest absolute Gasteiger partial charge is 0.478 e. The van der Waals surface area contributed by atoms with Crippen molar-refractivity contribution < 1.29 is 14.3 Å². The van der Waals surface area contributed by atoms with Gasteiger partial charge in [0.05, 0.1) is 11.3 Å². The van der Waals surface area contributed by atoms with Crippen molar-refractivity contribution in [2.24, 2.45) is 0 Å². The van der Waals surface area contributed by atoms with Gasteiger partial charge in [-0.3, -0.25) is 9.59 Å². The Labute approximate surface area is 160 Å². The van der Waals surface area contributed by atoms with E-state index in [-0.39, 0.29) is 23.3 Å². The number of carbonyl (C=O) groups excluding carboxylic acids is 2. The summed E-state index contributed by atoms with van der Waals surface area (Å²) in [5, 5.41) is 5.84. The Morgan fingerprint density at radius 3 is 2.59 bits per heavy atom. The number of benzene rings is 2. The van der Waals surface area contributed by atoms with Gasteiger partial charge in [-0.2, -0.15) is 0 Å². The fraction of sp³-hybridized carbons (Fsp3) is 0.364. The van der Waals surface area contributed by atoms with Gasteiger partial charge in [-0.25, -0.2) is 0 Å². The number of fused-ring (bicyclic) bond motifs is 1. The van der Waals surface area contributed by atoms with Crippen LogP contribution in [0.25, 0.3) is 0 Å². The molecule has 142 valence electrons. The molecule has 0 spiro atoms. The molecule has 0 bridgehead atoms. The highest BCUT2D eigenvalue weighted by atomic mass is 16.5. The summed E-state index contributed by atoms with van der Waals surface area (Å²) in [6, 6.07) is 15.5. The summed E-state index contributed by atoms with van der Waals surface area (Å²) < 4.78 is 5.68. The molecule has 2 amide bonds.